The molecule has 0 amide bonds. The molecule has 0 rings (SSSR count). The SMILES string of the molecule is CC(C)(O)C(C)(C)OBSOC(C)(C)C(C)(C)O. The molecule has 0 radical (unpaired) electrons. The Morgan fingerprint density at radius 3 is 1.50 bits per heavy atom. The highest BCUT2D eigenvalue weighted by Gasteiger charge is 2.38. The van der Waals surface area contributed by atoms with E-state index in [1.54, 1.807) is 27.7 Å². The molecule has 0 aliphatic carbocycles. The average Bonchev–Trinajstić information content (AvgIpc) is 2.08. The molecule has 108 valence electrons. The van der Waals surface area contributed by atoms with Crippen molar-refractivity contribution >= 4 is 18.7 Å². The van der Waals surface area contributed by atoms with Crippen LogP contribution in [0.2, 0.25) is 0 Å². The minimum atomic E-state index is -0.939. The molecule has 0 bridgehead atoms. The fourth-order valence-electron chi connectivity index (χ4n) is 0.621. The second-order valence-electron chi connectivity index (χ2n) is 6.60. The third kappa shape index (κ3) is 5.09. The second-order valence-corrected chi connectivity index (χ2v) is 7.24. The monoisotopic (exact) mass is 278 g/mol. The van der Waals surface area contributed by atoms with Crippen LogP contribution in [-0.4, -0.2) is 39.4 Å². The summed E-state index contributed by atoms with van der Waals surface area (Å²) in [7, 11) is 0. The van der Waals surface area contributed by atoms with Crippen LogP contribution in [0, 0.1) is 0 Å². The molecule has 0 aromatic heterocycles. The molecule has 6 heteroatoms. The first-order valence-corrected chi connectivity index (χ1v) is 7.01. The molecule has 0 atom stereocenters. The zero-order valence-corrected chi connectivity index (χ0v) is 13.6. The summed E-state index contributed by atoms with van der Waals surface area (Å²) in [5.74, 6) is 0. The van der Waals surface area contributed by atoms with E-state index in [1.807, 2.05) is 27.7 Å². The fraction of sp³-hybridized carbons (Fsp3) is 1.00. The Labute approximate surface area is 116 Å². The van der Waals surface area contributed by atoms with Gasteiger partial charge < -0.3 is 19.1 Å². The molecule has 4 nitrogen and oxygen atoms in total. The molecule has 0 saturated heterocycles. The van der Waals surface area contributed by atoms with Gasteiger partial charge in [0.2, 0.25) is 0 Å². The number of hydrogen-bond acceptors (Lipinski definition) is 5. The maximum Gasteiger partial charge on any atom is 0.375 e. The van der Waals surface area contributed by atoms with Crippen molar-refractivity contribution in [3.05, 3.63) is 0 Å². The zero-order valence-electron chi connectivity index (χ0n) is 12.8. The third-order valence-electron chi connectivity index (χ3n) is 3.68. The van der Waals surface area contributed by atoms with Gasteiger partial charge in [-0.15, -0.1) is 0 Å². The quantitative estimate of drug-likeness (QED) is 0.424. The molecule has 0 fully saturated rings. The molecule has 0 aliphatic rings. The smallest absolute Gasteiger partial charge is 0.375 e. The summed E-state index contributed by atoms with van der Waals surface area (Å²) in [6.45, 7) is 14.4. The van der Waals surface area contributed by atoms with Crippen LogP contribution in [0.4, 0.5) is 0 Å². The van der Waals surface area contributed by atoms with Crippen LogP contribution in [-0.2, 0) is 8.84 Å². The van der Waals surface area contributed by atoms with Gasteiger partial charge in [0.15, 0.2) is 0 Å². The normalized spacial score (nSPS) is 14.8. The van der Waals surface area contributed by atoms with Gasteiger partial charge in [0.05, 0.1) is 16.8 Å². The summed E-state index contributed by atoms with van der Waals surface area (Å²) in [6, 6.07) is 0. The first kappa shape index (κ1) is 18.3. The van der Waals surface area contributed by atoms with Gasteiger partial charge in [-0.2, -0.15) is 0 Å². The summed E-state index contributed by atoms with van der Waals surface area (Å²) in [4.78, 5) is 0. The van der Waals surface area contributed by atoms with Gasteiger partial charge in [-0.25, -0.2) is 0 Å². The van der Waals surface area contributed by atoms with Crippen molar-refractivity contribution < 1.29 is 19.1 Å². The van der Waals surface area contributed by atoms with Crippen molar-refractivity contribution in [1.82, 2.24) is 0 Å². The molecule has 0 aliphatic heterocycles. The number of rotatable bonds is 7. The highest BCUT2D eigenvalue weighted by atomic mass is 32.2. The summed E-state index contributed by atoms with van der Waals surface area (Å²) in [6.07, 6.45) is 0. The van der Waals surface area contributed by atoms with E-state index in [0.29, 0.717) is 0 Å². The molecular formula is C12H27BO4S. The van der Waals surface area contributed by atoms with E-state index >= 15 is 0 Å². The van der Waals surface area contributed by atoms with E-state index in [2.05, 4.69) is 0 Å². The summed E-state index contributed by atoms with van der Waals surface area (Å²) in [5, 5.41) is 19.8. The van der Waals surface area contributed by atoms with Crippen molar-refractivity contribution in [1.29, 1.82) is 0 Å². The molecule has 0 aromatic rings. The molecule has 0 unspecified atom stereocenters. The van der Waals surface area contributed by atoms with Crippen molar-refractivity contribution in [2.24, 2.45) is 0 Å². The summed E-state index contributed by atoms with van der Waals surface area (Å²) in [5.41, 5.74) is -3.22. The van der Waals surface area contributed by atoms with Crippen LogP contribution in [0.5, 0.6) is 0 Å². The average molecular weight is 278 g/mol. The van der Waals surface area contributed by atoms with Gasteiger partial charge in [-0.1, -0.05) is 0 Å². The van der Waals surface area contributed by atoms with Crippen molar-refractivity contribution in [2.75, 3.05) is 0 Å². The fourth-order valence-corrected chi connectivity index (χ4v) is 1.51. The lowest BCUT2D eigenvalue weighted by Crippen LogP contribution is -2.48. The van der Waals surface area contributed by atoms with Crippen LogP contribution in [0.15, 0.2) is 0 Å². The Morgan fingerprint density at radius 1 is 0.778 bits per heavy atom. The molecule has 18 heavy (non-hydrogen) atoms. The standard InChI is InChI=1S/C12H27BO4S/c1-9(2,14)11(5,6)16-13-18-17-12(7,8)10(3,4)15/h13-15H,1-8H3. The lowest BCUT2D eigenvalue weighted by atomic mass is 9.89. The van der Waals surface area contributed by atoms with Crippen molar-refractivity contribution in [2.45, 2.75) is 77.8 Å². The van der Waals surface area contributed by atoms with Crippen LogP contribution in [0.25, 0.3) is 0 Å². The predicted octanol–water partition coefficient (Wildman–Crippen LogP) is 2.03. The topological polar surface area (TPSA) is 58.9 Å². The molecule has 0 saturated carbocycles. The maximum atomic E-state index is 9.92. The van der Waals surface area contributed by atoms with E-state index in [0.717, 1.165) is 11.9 Å². The Bertz CT molecular complexity index is 238. The summed E-state index contributed by atoms with van der Waals surface area (Å²) < 4.78 is 11.2. The number of aliphatic hydroxyl groups is 2. The van der Waals surface area contributed by atoms with E-state index < -0.39 is 22.4 Å². The Balaban J connectivity index is 4.17. The van der Waals surface area contributed by atoms with Crippen LogP contribution in [0.3, 0.4) is 0 Å². The van der Waals surface area contributed by atoms with E-state index in [-0.39, 0.29) is 6.76 Å². The number of hydrogen-bond donors (Lipinski definition) is 2. The molecular weight excluding hydrogens is 251 g/mol. The molecule has 0 spiro atoms. The zero-order chi connectivity index (χ0) is 14.8. The second kappa shape index (κ2) is 5.71. The molecule has 0 heterocycles. The first-order valence-electron chi connectivity index (χ1n) is 6.10. The minimum absolute atomic E-state index is 0.288. The lowest BCUT2D eigenvalue weighted by Gasteiger charge is -2.38. The van der Waals surface area contributed by atoms with Crippen LogP contribution >= 0.6 is 11.9 Å². The van der Waals surface area contributed by atoms with Crippen molar-refractivity contribution in [3.63, 3.8) is 0 Å². The van der Waals surface area contributed by atoms with Gasteiger partial charge in [0, 0.05) is 0 Å². The Hall–Kier alpha value is 0.255. The molecule has 0 aromatic carbocycles. The maximum absolute atomic E-state index is 9.92. The molecule has 2 N–H and O–H groups in total. The van der Waals surface area contributed by atoms with Gasteiger partial charge in [-0.3, -0.25) is 0 Å². The van der Waals surface area contributed by atoms with Crippen molar-refractivity contribution in [3.8, 4) is 0 Å². The largest absolute Gasteiger partial charge is 0.419 e. The van der Waals surface area contributed by atoms with Crippen LogP contribution in [0.1, 0.15) is 55.4 Å². The minimum Gasteiger partial charge on any atom is -0.419 e. The highest BCUT2D eigenvalue weighted by molar-refractivity contribution is 8.18. The first-order chi connectivity index (χ1) is 7.71. The van der Waals surface area contributed by atoms with E-state index in [1.165, 1.54) is 0 Å². The lowest BCUT2D eigenvalue weighted by molar-refractivity contribution is -0.0904. The predicted molar refractivity (Wildman–Crippen MR) is 77.7 cm³/mol. The van der Waals surface area contributed by atoms with Gasteiger partial charge in [0.1, 0.15) is 5.60 Å². The van der Waals surface area contributed by atoms with Gasteiger partial charge in [-0.05, 0) is 67.3 Å². The van der Waals surface area contributed by atoms with Gasteiger partial charge >= 0.3 is 6.76 Å². The van der Waals surface area contributed by atoms with Gasteiger partial charge in [0.25, 0.3) is 0 Å². The highest BCUT2D eigenvalue weighted by Crippen LogP contribution is 2.30. The Kier molecular flexibility index (Phi) is 5.79. The summed E-state index contributed by atoms with van der Waals surface area (Å²) >= 11 is 1.14. The third-order valence-corrected chi connectivity index (χ3v) is 4.43. The Morgan fingerprint density at radius 2 is 1.17 bits per heavy atom. The van der Waals surface area contributed by atoms with E-state index in [9.17, 15) is 10.2 Å². The van der Waals surface area contributed by atoms with Crippen LogP contribution < -0.4 is 0 Å². The van der Waals surface area contributed by atoms with E-state index in [4.69, 9.17) is 8.84 Å².